The summed E-state index contributed by atoms with van der Waals surface area (Å²) in [5, 5.41) is 1.20. The minimum Gasteiger partial charge on any atom is -0.463 e. The Morgan fingerprint density at radius 1 is 1.15 bits per heavy atom. The second-order valence-corrected chi connectivity index (χ2v) is 10.9. The molecule has 2 aliphatic heterocycles. The molecule has 0 saturated carbocycles. The van der Waals surface area contributed by atoms with Crippen LogP contribution in [0.15, 0.2) is 6.07 Å². The van der Waals surface area contributed by atoms with Crippen molar-refractivity contribution >= 4 is 46.0 Å². The summed E-state index contributed by atoms with van der Waals surface area (Å²) in [6.07, 6.45) is 2.42. The summed E-state index contributed by atoms with van der Waals surface area (Å²) in [5.74, 6) is 0.694. The molecule has 2 aliphatic rings. The van der Waals surface area contributed by atoms with Crippen LogP contribution < -0.4 is 9.64 Å². The van der Waals surface area contributed by atoms with Crippen LogP contribution in [-0.4, -0.2) is 88.9 Å². The maximum Gasteiger partial charge on any atom is 0.410 e. The van der Waals surface area contributed by atoms with Crippen LogP contribution >= 0.6 is 23.2 Å². The standard InChI is InChI=1S/C23H32Cl2N6O3/c1-23(2,3)34-22(32)31-14-7-8-15(31)13-30(12-14)20-16-11-17(24)26-19(25)18(16)27-21(28-20)33-10-6-9-29(4)5/h11,14-15H,6-10,12-13H2,1-5H3. The summed E-state index contributed by atoms with van der Waals surface area (Å²) in [7, 11) is 4.04. The molecule has 2 fully saturated rings. The second-order valence-electron chi connectivity index (χ2n) is 10.1. The fourth-order valence-corrected chi connectivity index (χ4v) is 5.04. The highest BCUT2D eigenvalue weighted by Crippen LogP contribution is 2.37. The molecule has 2 aromatic rings. The molecule has 2 saturated heterocycles. The summed E-state index contributed by atoms with van der Waals surface area (Å²) in [6.45, 7) is 8.29. The van der Waals surface area contributed by atoms with Gasteiger partial charge in [0.2, 0.25) is 0 Å². The van der Waals surface area contributed by atoms with Gasteiger partial charge in [0, 0.05) is 25.0 Å². The molecular formula is C23H32Cl2N6O3. The normalized spacial score (nSPS) is 20.4. The number of fused-ring (bicyclic) bond motifs is 3. The van der Waals surface area contributed by atoms with E-state index in [-0.39, 0.29) is 34.5 Å². The van der Waals surface area contributed by atoms with E-state index < -0.39 is 5.60 Å². The number of rotatable bonds is 6. The van der Waals surface area contributed by atoms with E-state index in [2.05, 4.69) is 19.8 Å². The number of halogens is 2. The van der Waals surface area contributed by atoms with Crippen LogP contribution in [0.3, 0.4) is 0 Å². The fraction of sp³-hybridized carbons (Fsp3) is 0.652. The van der Waals surface area contributed by atoms with E-state index in [1.807, 2.05) is 39.8 Å². The molecule has 0 spiro atoms. The Kier molecular flexibility index (Phi) is 7.26. The molecule has 2 atom stereocenters. The molecule has 11 heteroatoms. The van der Waals surface area contributed by atoms with Crippen LogP contribution in [0.4, 0.5) is 10.6 Å². The Balaban J connectivity index is 1.61. The van der Waals surface area contributed by atoms with E-state index in [4.69, 9.17) is 37.7 Å². The lowest BCUT2D eigenvalue weighted by Crippen LogP contribution is -2.57. The number of carbonyl (C=O) groups excluding carboxylic acids is 1. The Labute approximate surface area is 210 Å². The molecule has 4 rings (SSSR count). The fourth-order valence-electron chi connectivity index (χ4n) is 4.56. The molecule has 4 heterocycles. The van der Waals surface area contributed by atoms with E-state index in [1.54, 1.807) is 6.07 Å². The molecule has 0 radical (unpaired) electrons. The molecule has 0 N–H and O–H groups in total. The van der Waals surface area contributed by atoms with Crippen molar-refractivity contribution in [2.45, 2.75) is 57.7 Å². The van der Waals surface area contributed by atoms with Crippen molar-refractivity contribution in [1.29, 1.82) is 0 Å². The third kappa shape index (κ3) is 5.58. The topological polar surface area (TPSA) is 83.9 Å². The maximum absolute atomic E-state index is 12.9. The highest BCUT2D eigenvalue weighted by Gasteiger charge is 2.45. The van der Waals surface area contributed by atoms with E-state index in [1.165, 1.54) is 0 Å². The van der Waals surface area contributed by atoms with Gasteiger partial charge in [0.25, 0.3) is 0 Å². The van der Waals surface area contributed by atoms with E-state index in [0.717, 1.165) is 31.2 Å². The number of piperazine rings is 1. The summed E-state index contributed by atoms with van der Waals surface area (Å²) in [5.41, 5.74) is -0.0314. The first-order valence-corrected chi connectivity index (χ1v) is 12.3. The van der Waals surface area contributed by atoms with Crippen molar-refractivity contribution in [3.05, 3.63) is 16.4 Å². The number of nitrogens with zero attached hydrogens (tertiary/aromatic N) is 6. The summed E-state index contributed by atoms with van der Waals surface area (Å²) in [6, 6.07) is 2.07. The molecule has 2 unspecified atom stereocenters. The Bertz CT molecular complexity index is 1050. The van der Waals surface area contributed by atoms with Gasteiger partial charge in [-0.05, 0) is 60.2 Å². The van der Waals surface area contributed by atoms with E-state index >= 15 is 0 Å². The third-order valence-corrected chi connectivity index (χ3v) is 6.39. The van der Waals surface area contributed by atoms with Gasteiger partial charge in [0.05, 0.1) is 18.7 Å². The first-order chi connectivity index (χ1) is 16.0. The predicted molar refractivity (Wildman–Crippen MR) is 133 cm³/mol. The quantitative estimate of drug-likeness (QED) is 0.421. The van der Waals surface area contributed by atoms with Gasteiger partial charge in [0.1, 0.15) is 22.1 Å². The SMILES string of the molecule is CN(C)CCCOc1nc(N2CC3CCC(C2)N3C(=O)OC(C)(C)C)c2cc(Cl)nc(Cl)c2n1. The molecule has 186 valence electrons. The predicted octanol–water partition coefficient (Wildman–Crippen LogP) is 4.25. The summed E-state index contributed by atoms with van der Waals surface area (Å²) < 4.78 is 11.6. The van der Waals surface area contributed by atoms with Gasteiger partial charge < -0.3 is 19.3 Å². The lowest BCUT2D eigenvalue weighted by atomic mass is 10.1. The molecule has 1 amide bonds. The molecule has 0 aromatic carbocycles. The van der Waals surface area contributed by atoms with Crippen LogP contribution in [0.1, 0.15) is 40.0 Å². The number of carbonyl (C=O) groups is 1. The van der Waals surface area contributed by atoms with E-state index in [9.17, 15) is 4.79 Å². The first kappa shape index (κ1) is 25.0. The summed E-state index contributed by atoms with van der Waals surface area (Å²) in [4.78, 5) is 32.4. The van der Waals surface area contributed by atoms with Crippen molar-refractivity contribution < 1.29 is 14.3 Å². The second kappa shape index (κ2) is 9.87. The minimum absolute atomic E-state index is 0.0378. The van der Waals surface area contributed by atoms with Gasteiger partial charge in [-0.2, -0.15) is 9.97 Å². The number of hydrogen-bond acceptors (Lipinski definition) is 8. The van der Waals surface area contributed by atoms with Crippen molar-refractivity contribution in [3.63, 3.8) is 0 Å². The Morgan fingerprint density at radius 3 is 2.44 bits per heavy atom. The van der Waals surface area contributed by atoms with Gasteiger partial charge >= 0.3 is 12.1 Å². The maximum atomic E-state index is 12.9. The number of amides is 1. The van der Waals surface area contributed by atoms with Crippen LogP contribution in [0.2, 0.25) is 10.3 Å². The highest BCUT2D eigenvalue weighted by atomic mass is 35.5. The first-order valence-electron chi connectivity index (χ1n) is 11.6. The number of hydrogen-bond donors (Lipinski definition) is 0. The zero-order chi connectivity index (χ0) is 24.6. The van der Waals surface area contributed by atoms with Gasteiger partial charge in [-0.3, -0.25) is 4.90 Å². The highest BCUT2D eigenvalue weighted by molar-refractivity contribution is 6.36. The summed E-state index contributed by atoms with van der Waals surface area (Å²) >= 11 is 12.6. The molecule has 9 nitrogen and oxygen atoms in total. The Morgan fingerprint density at radius 2 is 1.82 bits per heavy atom. The van der Waals surface area contributed by atoms with Crippen LogP contribution in [0.5, 0.6) is 6.01 Å². The van der Waals surface area contributed by atoms with Crippen molar-refractivity contribution in [3.8, 4) is 6.01 Å². The van der Waals surface area contributed by atoms with Crippen LogP contribution in [-0.2, 0) is 4.74 Å². The molecule has 0 aliphatic carbocycles. The van der Waals surface area contributed by atoms with Gasteiger partial charge in [-0.25, -0.2) is 9.78 Å². The van der Waals surface area contributed by atoms with Gasteiger partial charge in [-0.1, -0.05) is 23.2 Å². The number of anilines is 1. The average Bonchev–Trinajstić information content (AvgIpc) is 3.00. The molecule has 34 heavy (non-hydrogen) atoms. The number of ether oxygens (including phenoxy) is 2. The van der Waals surface area contributed by atoms with Crippen molar-refractivity contribution in [2.24, 2.45) is 0 Å². The number of pyridine rings is 1. The Hall–Kier alpha value is -2.10. The van der Waals surface area contributed by atoms with Crippen LogP contribution in [0.25, 0.3) is 10.9 Å². The van der Waals surface area contributed by atoms with E-state index in [0.29, 0.717) is 31.0 Å². The van der Waals surface area contributed by atoms with Gasteiger partial charge in [-0.15, -0.1) is 0 Å². The number of aromatic nitrogens is 3. The lowest BCUT2D eigenvalue weighted by molar-refractivity contribution is 0.0123. The minimum atomic E-state index is -0.532. The zero-order valence-electron chi connectivity index (χ0n) is 20.3. The van der Waals surface area contributed by atoms with Crippen molar-refractivity contribution in [1.82, 2.24) is 24.8 Å². The van der Waals surface area contributed by atoms with Gasteiger partial charge in [0.15, 0.2) is 5.15 Å². The molecule has 2 bridgehead atoms. The molecular weight excluding hydrogens is 479 g/mol. The average molecular weight is 511 g/mol. The monoisotopic (exact) mass is 510 g/mol. The smallest absolute Gasteiger partial charge is 0.410 e. The largest absolute Gasteiger partial charge is 0.463 e. The third-order valence-electron chi connectivity index (χ3n) is 5.94. The van der Waals surface area contributed by atoms with Crippen molar-refractivity contribution in [2.75, 3.05) is 45.2 Å². The molecule has 2 aromatic heterocycles. The lowest BCUT2D eigenvalue weighted by Gasteiger charge is -2.42. The zero-order valence-corrected chi connectivity index (χ0v) is 21.9. The van der Waals surface area contributed by atoms with Crippen LogP contribution in [0, 0.1) is 0 Å².